The van der Waals surface area contributed by atoms with Crippen LogP contribution in [0.25, 0.3) is 0 Å². The lowest BCUT2D eigenvalue weighted by Crippen LogP contribution is -2.53. The first-order chi connectivity index (χ1) is 8.98. The number of likely N-dealkylation sites (N-methyl/N-ethyl adjacent to an activating group) is 1. The van der Waals surface area contributed by atoms with Gasteiger partial charge in [0, 0.05) is 42.5 Å². The lowest BCUT2D eigenvalue weighted by molar-refractivity contribution is 0.135. The lowest BCUT2D eigenvalue weighted by atomic mass is 10.2. The maximum atomic E-state index is 12.5. The molecule has 0 radical (unpaired) electrons. The second-order valence-electron chi connectivity index (χ2n) is 4.79. The molecule has 1 aliphatic heterocycles. The molecule has 1 aromatic rings. The Morgan fingerprint density at radius 2 is 2.21 bits per heavy atom. The van der Waals surface area contributed by atoms with Crippen molar-refractivity contribution in [3.05, 3.63) is 16.3 Å². The van der Waals surface area contributed by atoms with Crippen molar-refractivity contribution in [1.29, 1.82) is 0 Å². The van der Waals surface area contributed by atoms with E-state index in [1.54, 1.807) is 15.8 Å². The molecule has 1 aliphatic rings. The topological polar surface area (TPSA) is 66.6 Å². The molecule has 5 nitrogen and oxygen atoms in total. The van der Waals surface area contributed by atoms with Crippen LogP contribution in [-0.4, -0.2) is 49.8 Å². The van der Waals surface area contributed by atoms with Gasteiger partial charge in [-0.2, -0.15) is 4.31 Å². The van der Waals surface area contributed by atoms with Crippen molar-refractivity contribution in [2.75, 3.05) is 26.2 Å². The number of nitrogens with zero attached hydrogens (tertiary/aromatic N) is 2. The van der Waals surface area contributed by atoms with Crippen LogP contribution in [0, 0.1) is 0 Å². The third kappa shape index (κ3) is 3.00. The largest absolute Gasteiger partial charge is 0.326 e. The van der Waals surface area contributed by atoms with Crippen LogP contribution < -0.4 is 5.73 Å². The van der Waals surface area contributed by atoms with Crippen molar-refractivity contribution in [3.8, 4) is 0 Å². The molecule has 1 atom stereocenters. The number of sulfonamides is 1. The first kappa shape index (κ1) is 14.9. The van der Waals surface area contributed by atoms with Crippen LogP contribution in [0.15, 0.2) is 16.3 Å². The quantitative estimate of drug-likeness (QED) is 0.898. The second-order valence-corrected chi connectivity index (χ2v) is 7.73. The van der Waals surface area contributed by atoms with E-state index in [0.717, 1.165) is 18.0 Å². The predicted octanol–water partition coefficient (Wildman–Crippen LogP) is 0.921. The molecule has 2 rings (SSSR count). The maximum Gasteiger partial charge on any atom is 0.244 e. The Bertz CT molecular complexity index is 527. The SMILES string of the molecule is CCN1CCN(S(=O)(=O)c2csc(CN)c2)CC1C. The Balaban J connectivity index is 2.17. The molecule has 1 unspecified atom stereocenters. The molecule has 1 aromatic heterocycles. The van der Waals surface area contributed by atoms with Gasteiger partial charge in [-0.1, -0.05) is 6.92 Å². The van der Waals surface area contributed by atoms with Crippen molar-refractivity contribution in [2.45, 2.75) is 31.3 Å². The number of rotatable bonds is 4. The summed E-state index contributed by atoms with van der Waals surface area (Å²) in [5, 5.41) is 1.69. The number of piperazine rings is 1. The van der Waals surface area contributed by atoms with Crippen LogP contribution in [0.4, 0.5) is 0 Å². The zero-order chi connectivity index (χ0) is 14.0. The molecule has 0 aromatic carbocycles. The zero-order valence-corrected chi connectivity index (χ0v) is 13.0. The molecule has 2 N–H and O–H groups in total. The molecule has 0 bridgehead atoms. The first-order valence-corrected chi connectivity index (χ1v) is 8.82. The molecule has 0 spiro atoms. The third-order valence-corrected chi connectivity index (χ3v) is 6.55. The van der Waals surface area contributed by atoms with E-state index in [-0.39, 0.29) is 6.04 Å². The molecule has 0 amide bonds. The third-order valence-electron chi connectivity index (χ3n) is 3.60. The molecular formula is C12H21N3O2S2. The zero-order valence-electron chi connectivity index (χ0n) is 11.4. The molecule has 7 heteroatoms. The van der Waals surface area contributed by atoms with Crippen LogP contribution in [0.1, 0.15) is 18.7 Å². The number of nitrogens with two attached hydrogens (primary N) is 1. The summed E-state index contributed by atoms with van der Waals surface area (Å²) < 4.78 is 26.7. The molecule has 108 valence electrons. The molecule has 0 saturated carbocycles. The fourth-order valence-corrected chi connectivity index (χ4v) is 5.06. The number of hydrogen-bond donors (Lipinski definition) is 1. The highest BCUT2D eigenvalue weighted by molar-refractivity contribution is 7.89. The van der Waals surface area contributed by atoms with E-state index in [0.29, 0.717) is 24.5 Å². The summed E-state index contributed by atoms with van der Waals surface area (Å²) >= 11 is 1.41. The van der Waals surface area contributed by atoms with Gasteiger partial charge in [0.15, 0.2) is 0 Å². The van der Waals surface area contributed by atoms with Crippen LogP contribution in [0.3, 0.4) is 0 Å². The summed E-state index contributed by atoms with van der Waals surface area (Å²) in [6.07, 6.45) is 0. The Hall–Kier alpha value is -0.470. The molecule has 1 fully saturated rings. The van der Waals surface area contributed by atoms with Gasteiger partial charge in [0.1, 0.15) is 0 Å². The fourth-order valence-electron chi connectivity index (χ4n) is 2.40. The van der Waals surface area contributed by atoms with Gasteiger partial charge in [-0.25, -0.2) is 8.42 Å². The van der Waals surface area contributed by atoms with Crippen molar-refractivity contribution >= 4 is 21.4 Å². The minimum absolute atomic E-state index is 0.265. The fraction of sp³-hybridized carbons (Fsp3) is 0.667. The highest BCUT2D eigenvalue weighted by Crippen LogP contribution is 2.24. The molecule has 1 saturated heterocycles. The molecule has 2 heterocycles. The van der Waals surface area contributed by atoms with E-state index in [1.807, 2.05) is 0 Å². The Morgan fingerprint density at radius 1 is 1.47 bits per heavy atom. The Kier molecular flexibility index (Phi) is 4.62. The monoisotopic (exact) mass is 303 g/mol. The lowest BCUT2D eigenvalue weighted by Gasteiger charge is -2.38. The average molecular weight is 303 g/mol. The summed E-state index contributed by atoms with van der Waals surface area (Å²) in [6, 6.07) is 1.96. The van der Waals surface area contributed by atoms with E-state index in [9.17, 15) is 8.42 Å². The van der Waals surface area contributed by atoms with Crippen LogP contribution >= 0.6 is 11.3 Å². The van der Waals surface area contributed by atoms with Gasteiger partial charge in [0.25, 0.3) is 0 Å². The smallest absolute Gasteiger partial charge is 0.244 e. The first-order valence-electron chi connectivity index (χ1n) is 6.50. The van der Waals surface area contributed by atoms with Crippen molar-refractivity contribution < 1.29 is 8.42 Å². The minimum Gasteiger partial charge on any atom is -0.326 e. The van der Waals surface area contributed by atoms with Gasteiger partial charge in [-0.3, -0.25) is 4.90 Å². The van der Waals surface area contributed by atoms with Crippen molar-refractivity contribution in [2.24, 2.45) is 5.73 Å². The van der Waals surface area contributed by atoms with E-state index < -0.39 is 10.0 Å². The summed E-state index contributed by atoms with van der Waals surface area (Å²) in [5.41, 5.74) is 5.54. The van der Waals surface area contributed by atoms with Gasteiger partial charge in [-0.15, -0.1) is 11.3 Å². The van der Waals surface area contributed by atoms with E-state index in [1.165, 1.54) is 11.3 Å². The predicted molar refractivity (Wildman–Crippen MR) is 77.7 cm³/mol. The van der Waals surface area contributed by atoms with Crippen LogP contribution in [-0.2, 0) is 16.6 Å². The molecule has 0 aliphatic carbocycles. The Morgan fingerprint density at radius 3 is 2.74 bits per heavy atom. The summed E-state index contributed by atoms with van der Waals surface area (Å²) in [6.45, 7) is 7.45. The molecule has 19 heavy (non-hydrogen) atoms. The summed E-state index contributed by atoms with van der Waals surface area (Å²) in [5.74, 6) is 0. The number of thiophene rings is 1. The highest BCUT2D eigenvalue weighted by Gasteiger charge is 2.32. The van der Waals surface area contributed by atoms with E-state index in [4.69, 9.17) is 5.73 Å². The maximum absolute atomic E-state index is 12.5. The number of hydrogen-bond acceptors (Lipinski definition) is 5. The van der Waals surface area contributed by atoms with Crippen LogP contribution in [0.2, 0.25) is 0 Å². The van der Waals surface area contributed by atoms with Gasteiger partial charge in [0.05, 0.1) is 4.90 Å². The van der Waals surface area contributed by atoms with Crippen molar-refractivity contribution in [3.63, 3.8) is 0 Å². The standard InChI is InChI=1S/C12H21N3O2S2/c1-3-14-4-5-15(8-10(14)2)19(16,17)12-6-11(7-13)18-9-12/h6,9-10H,3-5,7-8,13H2,1-2H3. The van der Waals surface area contributed by atoms with Gasteiger partial charge >= 0.3 is 0 Å². The summed E-state index contributed by atoms with van der Waals surface area (Å²) in [7, 11) is -3.35. The van der Waals surface area contributed by atoms with Gasteiger partial charge in [-0.05, 0) is 19.5 Å². The van der Waals surface area contributed by atoms with E-state index in [2.05, 4.69) is 18.7 Å². The van der Waals surface area contributed by atoms with E-state index >= 15 is 0 Å². The highest BCUT2D eigenvalue weighted by atomic mass is 32.2. The van der Waals surface area contributed by atoms with Crippen molar-refractivity contribution in [1.82, 2.24) is 9.21 Å². The van der Waals surface area contributed by atoms with Gasteiger partial charge in [0.2, 0.25) is 10.0 Å². The second kappa shape index (κ2) is 5.88. The Labute approximate surface area is 119 Å². The van der Waals surface area contributed by atoms with Crippen LogP contribution in [0.5, 0.6) is 0 Å². The molecular weight excluding hydrogens is 282 g/mol. The van der Waals surface area contributed by atoms with Gasteiger partial charge < -0.3 is 5.73 Å². The minimum atomic E-state index is -3.35. The average Bonchev–Trinajstić information content (AvgIpc) is 2.88. The summed E-state index contributed by atoms with van der Waals surface area (Å²) in [4.78, 5) is 3.58. The normalized spacial score (nSPS) is 22.8.